The molecule has 0 bridgehead atoms. The van der Waals surface area contributed by atoms with Crippen molar-refractivity contribution in [3.8, 4) is 10.6 Å². The van der Waals surface area contributed by atoms with E-state index in [-0.39, 0.29) is 11.7 Å². The van der Waals surface area contributed by atoms with Crippen LogP contribution in [0.1, 0.15) is 9.67 Å². The maximum atomic E-state index is 13.8. The van der Waals surface area contributed by atoms with Gasteiger partial charge in [-0.05, 0) is 24.3 Å². The van der Waals surface area contributed by atoms with E-state index in [4.69, 9.17) is 0 Å². The molecule has 0 saturated carbocycles. The van der Waals surface area contributed by atoms with Gasteiger partial charge in [-0.1, -0.05) is 35.6 Å². The third-order valence-electron chi connectivity index (χ3n) is 3.35. The van der Waals surface area contributed by atoms with Crippen molar-refractivity contribution in [1.82, 2.24) is 9.97 Å². The molecular weight excluding hydrogens is 345 g/mol. The summed E-state index contributed by atoms with van der Waals surface area (Å²) in [5.41, 5.74) is 1.23. The number of aromatic nitrogens is 2. The molecular formula is C17H10FN3OS2. The molecule has 118 valence electrons. The van der Waals surface area contributed by atoms with Crippen molar-refractivity contribution in [2.75, 3.05) is 5.32 Å². The van der Waals surface area contributed by atoms with Crippen molar-refractivity contribution in [3.05, 3.63) is 65.4 Å². The molecule has 4 rings (SSSR count). The van der Waals surface area contributed by atoms with Crippen molar-refractivity contribution in [1.29, 1.82) is 0 Å². The Hall–Kier alpha value is -2.64. The highest BCUT2D eigenvalue weighted by Gasteiger charge is 2.15. The number of amides is 1. The van der Waals surface area contributed by atoms with Crippen LogP contribution in [0, 0.1) is 5.82 Å². The first-order valence-electron chi connectivity index (χ1n) is 7.08. The zero-order valence-corrected chi connectivity index (χ0v) is 13.8. The van der Waals surface area contributed by atoms with Crippen LogP contribution < -0.4 is 5.32 Å². The van der Waals surface area contributed by atoms with Gasteiger partial charge >= 0.3 is 0 Å². The molecule has 1 N–H and O–H groups in total. The van der Waals surface area contributed by atoms with Gasteiger partial charge < -0.3 is 0 Å². The number of nitrogens with zero attached hydrogens (tertiary/aromatic N) is 2. The van der Waals surface area contributed by atoms with Gasteiger partial charge in [0.15, 0.2) is 5.13 Å². The van der Waals surface area contributed by atoms with Crippen LogP contribution >= 0.6 is 22.7 Å². The number of fused-ring (bicyclic) bond motifs is 1. The van der Waals surface area contributed by atoms with Gasteiger partial charge in [0.1, 0.15) is 15.7 Å². The molecule has 2 aromatic carbocycles. The van der Waals surface area contributed by atoms with Crippen LogP contribution in [0.4, 0.5) is 9.52 Å². The first kappa shape index (κ1) is 14.9. The monoisotopic (exact) mass is 355 g/mol. The number of rotatable bonds is 3. The molecule has 0 fully saturated rings. The van der Waals surface area contributed by atoms with Crippen LogP contribution in [-0.2, 0) is 0 Å². The number of carbonyl (C=O) groups excluding carboxylic acids is 1. The average molecular weight is 355 g/mol. The van der Waals surface area contributed by atoms with Gasteiger partial charge in [-0.25, -0.2) is 14.4 Å². The summed E-state index contributed by atoms with van der Waals surface area (Å²) in [6, 6.07) is 14.0. The smallest absolute Gasteiger partial charge is 0.269 e. The molecule has 0 atom stereocenters. The largest absolute Gasteiger partial charge is 0.297 e. The van der Waals surface area contributed by atoms with E-state index in [1.807, 2.05) is 24.3 Å². The van der Waals surface area contributed by atoms with Gasteiger partial charge in [0.25, 0.3) is 5.91 Å². The van der Waals surface area contributed by atoms with Gasteiger partial charge in [-0.3, -0.25) is 10.1 Å². The lowest BCUT2D eigenvalue weighted by Crippen LogP contribution is -2.09. The van der Waals surface area contributed by atoms with Crippen LogP contribution in [0.5, 0.6) is 0 Å². The molecule has 2 heterocycles. The summed E-state index contributed by atoms with van der Waals surface area (Å²) in [6.45, 7) is 0. The Morgan fingerprint density at radius 2 is 1.83 bits per heavy atom. The van der Waals surface area contributed by atoms with E-state index in [0.29, 0.717) is 20.6 Å². The number of benzene rings is 2. The first-order valence-corrected chi connectivity index (χ1v) is 8.71. The third-order valence-corrected chi connectivity index (χ3v) is 5.33. The molecule has 24 heavy (non-hydrogen) atoms. The van der Waals surface area contributed by atoms with Gasteiger partial charge in [0.2, 0.25) is 0 Å². The molecule has 0 saturated heterocycles. The Balaban J connectivity index is 1.58. The summed E-state index contributed by atoms with van der Waals surface area (Å²) < 4.78 is 14.8. The van der Waals surface area contributed by atoms with E-state index in [1.54, 1.807) is 18.2 Å². The summed E-state index contributed by atoms with van der Waals surface area (Å²) in [5.74, 6) is -0.654. The zero-order valence-electron chi connectivity index (χ0n) is 12.2. The molecule has 7 heteroatoms. The fourth-order valence-electron chi connectivity index (χ4n) is 2.22. The molecule has 4 nitrogen and oxygen atoms in total. The number of hydrogen-bond donors (Lipinski definition) is 1. The second-order valence-electron chi connectivity index (χ2n) is 4.95. The average Bonchev–Trinajstić information content (AvgIpc) is 3.21. The lowest BCUT2D eigenvalue weighted by Gasteiger charge is -1.98. The minimum atomic E-state index is -0.356. The van der Waals surface area contributed by atoms with Crippen molar-refractivity contribution >= 4 is 43.9 Å². The predicted octanol–water partition coefficient (Wildman–Crippen LogP) is 4.81. The molecule has 0 aliphatic heterocycles. The highest BCUT2D eigenvalue weighted by atomic mass is 32.1. The highest BCUT2D eigenvalue weighted by Crippen LogP contribution is 2.29. The Labute approximate surface area is 144 Å². The SMILES string of the molecule is O=C(Nc1nc2ccccc2s1)c1cnc(-c2ccccc2F)s1. The summed E-state index contributed by atoms with van der Waals surface area (Å²) in [4.78, 5) is 21.3. The minimum Gasteiger partial charge on any atom is -0.297 e. The highest BCUT2D eigenvalue weighted by molar-refractivity contribution is 7.22. The summed E-state index contributed by atoms with van der Waals surface area (Å²) in [7, 11) is 0. The second-order valence-corrected chi connectivity index (χ2v) is 7.01. The number of hydrogen-bond acceptors (Lipinski definition) is 5. The van der Waals surface area contributed by atoms with Gasteiger partial charge in [-0.15, -0.1) is 11.3 Å². The van der Waals surface area contributed by atoms with Crippen LogP contribution in [0.3, 0.4) is 0 Å². The Kier molecular flexibility index (Phi) is 3.79. The summed E-state index contributed by atoms with van der Waals surface area (Å²) >= 11 is 2.56. The maximum Gasteiger partial charge on any atom is 0.269 e. The molecule has 0 aliphatic rings. The number of thiazole rings is 2. The van der Waals surface area contributed by atoms with Crippen LogP contribution in [0.15, 0.2) is 54.7 Å². The molecule has 0 spiro atoms. The molecule has 0 aliphatic carbocycles. The molecule has 2 aromatic heterocycles. The topological polar surface area (TPSA) is 54.9 Å². The van der Waals surface area contributed by atoms with E-state index in [0.717, 1.165) is 21.6 Å². The first-order chi connectivity index (χ1) is 11.7. The number of nitrogens with one attached hydrogen (secondary N) is 1. The standard InChI is InChI=1S/C17H10FN3OS2/c18-11-6-2-1-5-10(11)16-19-9-14(23-16)15(22)21-17-20-12-7-3-4-8-13(12)24-17/h1-9H,(H,20,21,22). The maximum absolute atomic E-state index is 13.8. The van der Waals surface area contributed by atoms with Gasteiger partial charge in [0, 0.05) is 5.56 Å². The van der Waals surface area contributed by atoms with Crippen molar-refractivity contribution in [2.24, 2.45) is 0 Å². The van der Waals surface area contributed by atoms with Crippen molar-refractivity contribution in [3.63, 3.8) is 0 Å². The van der Waals surface area contributed by atoms with Crippen molar-refractivity contribution in [2.45, 2.75) is 0 Å². The van der Waals surface area contributed by atoms with E-state index in [9.17, 15) is 9.18 Å². The molecule has 1 amide bonds. The second kappa shape index (κ2) is 6.10. The van der Waals surface area contributed by atoms with Gasteiger partial charge in [0.05, 0.1) is 16.4 Å². The quantitative estimate of drug-likeness (QED) is 0.574. The van der Waals surface area contributed by atoms with Crippen LogP contribution in [0.2, 0.25) is 0 Å². The number of carbonyl (C=O) groups is 1. The number of para-hydroxylation sites is 1. The third kappa shape index (κ3) is 2.79. The Morgan fingerprint density at radius 1 is 1.04 bits per heavy atom. The predicted molar refractivity (Wildman–Crippen MR) is 95.1 cm³/mol. The summed E-state index contributed by atoms with van der Waals surface area (Å²) in [5, 5.41) is 3.78. The minimum absolute atomic E-state index is 0.297. The Bertz CT molecular complexity index is 1010. The Morgan fingerprint density at radius 3 is 2.67 bits per heavy atom. The van der Waals surface area contributed by atoms with Crippen molar-refractivity contribution < 1.29 is 9.18 Å². The van der Waals surface area contributed by atoms with E-state index < -0.39 is 0 Å². The zero-order chi connectivity index (χ0) is 16.5. The molecule has 0 unspecified atom stereocenters. The normalized spacial score (nSPS) is 10.9. The van der Waals surface area contributed by atoms with E-state index in [1.165, 1.54) is 23.6 Å². The van der Waals surface area contributed by atoms with Crippen LogP contribution in [0.25, 0.3) is 20.8 Å². The fourth-order valence-corrected chi connectivity index (χ4v) is 3.92. The van der Waals surface area contributed by atoms with Crippen LogP contribution in [-0.4, -0.2) is 15.9 Å². The lowest BCUT2D eigenvalue weighted by atomic mass is 10.2. The number of anilines is 1. The fraction of sp³-hybridized carbons (Fsp3) is 0. The number of halogens is 1. The van der Waals surface area contributed by atoms with E-state index >= 15 is 0 Å². The van der Waals surface area contributed by atoms with E-state index in [2.05, 4.69) is 15.3 Å². The van der Waals surface area contributed by atoms with Gasteiger partial charge in [-0.2, -0.15) is 0 Å². The summed E-state index contributed by atoms with van der Waals surface area (Å²) in [6.07, 6.45) is 1.45. The molecule has 4 aromatic rings. The molecule has 0 radical (unpaired) electrons. The lowest BCUT2D eigenvalue weighted by molar-refractivity contribution is 0.103.